The average Bonchev–Trinajstić information content (AvgIpc) is 3.07. The number of aliphatic hydroxyl groups is 2. The van der Waals surface area contributed by atoms with Gasteiger partial charge in [-0.15, -0.1) is 0 Å². The Bertz CT molecular complexity index is 1120. The van der Waals surface area contributed by atoms with E-state index < -0.39 is 82.3 Å². The maximum absolute atomic E-state index is 13.1. The van der Waals surface area contributed by atoms with Gasteiger partial charge in [0.25, 0.3) is 5.72 Å². The number of nitrogen functional groups attached to an aromatic ring is 1. The predicted octanol–water partition coefficient (Wildman–Crippen LogP) is 0.319. The summed E-state index contributed by atoms with van der Waals surface area (Å²) in [5, 5.41) is 30.8. The topological polar surface area (TPSA) is 250 Å². The Morgan fingerprint density at radius 3 is 2.15 bits per heavy atom. The molecule has 0 aliphatic carbocycles. The molecule has 1 fully saturated rings. The van der Waals surface area contributed by atoms with Crippen LogP contribution in [0.25, 0.3) is 0 Å². The number of hydrogen-bond acceptors (Lipinski definition) is 17. The summed E-state index contributed by atoms with van der Waals surface area (Å²) in [6, 6.07) is 2.76. The highest BCUT2D eigenvalue weighted by atomic mass is 31.2. The molecule has 218 valence electrons. The van der Waals surface area contributed by atoms with Crippen molar-refractivity contribution in [2.24, 2.45) is 0 Å². The van der Waals surface area contributed by atoms with Gasteiger partial charge in [0.2, 0.25) is 13.6 Å². The molecule has 1 aliphatic heterocycles. The van der Waals surface area contributed by atoms with Crippen LogP contribution in [0.3, 0.4) is 0 Å². The van der Waals surface area contributed by atoms with Crippen LogP contribution in [-0.4, -0.2) is 82.8 Å². The van der Waals surface area contributed by atoms with E-state index in [0.717, 1.165) is 12.3 Å². The second-order valence-electron chi connectivity index (χ2n) is 8.26. The number of nitrogens with two attached hydrogens (primary N) is 1. The summed E-state index contributed by atoms with van der Waals surface area (Å²) in [6.45, 7) is 3.29. The van der Waals surface area contributed by atoms with Crippen LogP contribution in [0.2, 0.25) is 0 Å². The third-order valence-corrected chi connectivity index (χ3v) is 5.92. The van der Waals surface area contributed by atoms with Gasteiger partial charge in [-0.25, -0.2) is 28.0 Å². The van der Waals surface area contributed by atoms with Crippen LogP contribution in [0.4, 0.5) is 15.4 Å². The third-order valence-electron chi connectivity index (χ3n) is 4.62. The first-order valence-electron chi connectivity index (χ1n) is 11.2. The zero-order valence-corrected chi connectivity index (χ0v) is 22.2. The zero-order valence-electron chi connectivity index (χ0n) is 21.3. The van der Waals surface area contributed by atoms with Gasteiger partial charge in [0.15, 0.2) is 0 Å². The standard InChI is InChI=1S/C20H29N4O14P/c1-11(2)36-18(28)31-9-34-39(30,35-10-32-19(29)37-12(3)4)33-7-13-15(25)16(26)20(8-21,38-13)24-6-5-14(22)23-17(24)27/h5-6,11-13,15-16,25-26H,7,9-10H2,1-4H3,(H2,22,23,27). The maximum Gasteiger partial charge on any atom is 0.510 e. The van der Waals surface area contributed by atoms with Crippen LogP contribution < -0.4 is 11.4 Å². The average molecular weight is 580 g/mol. The van der Waals surface area contributed by atoms with Crippen molar-refractivity contribution in [3.63, 3.8) is 0 Å². The van der Waals surface area contributed by atoms with Crippen LogP contribution in [-0.2, 0) is 47.5 Å². The number of nitriles is 1. The van der Waals surface area contributed by atoms with Gasteiger partial charge in [-0.1, -0.05) is 0 Å². The minimum absolute atomic E-state index is 0.175. The summed E-state index contributed by atoms with van der Waals surface area (Å²) in [6.07, 6.45) is -7.86. The molecule has 39 heavy (non-hydrogen) atoms. The van der Waals surface area contributed by atoms with Gasteiger partial charge in [-0.05, 0) is 33.8 Å². The van der Waals surface area contributed by atoms with Crippen molar-refractivity contribution in [2.75, 3.05) is 25.9 Å². The predicted molar refractivity (Wildman–Crippen MR) is 124 cm³/mol. The number of rotatable bonds is 12. The second kappa shape index (κ2) is 13.7. The van der Waals surface area contributed by atoms with E-state index in [-0.39, 0.29) is 5.82 Å². The monoisotopic (exact) mass is 580 g/mol. The molecule has 0 amide bonds. The molecule has 1 aromatic heterocycles. The minimum Gasteiger partial charge on any atom is -0.432 e. The highest BCUT2D eigenvalue weighted by Crippen LogP contribution is 2.50. The van der Waals surface area contributed by atoms with Crippen molar-refractivity contribution >= 4 is 26.0 Å². The molecule has 4 N–H and O–H groups in total. The molecular weight excluding hydrogens is 551 g/mol. The largest absolute Gasteiger partial charge is 0.510 e. The van der Waals surface area contributed by atoms with E-state index in [4.69, 9.17) is 33.5 Å². The molecule has 1 saturated heterocycles. The summed E-state index contributed by atoms with van der Waals surface area (Å²) in [7, 11) is -4.76. The fourth-order valence-corrected chi connectivity index (χ4v) is 3.88. The lowest BCUT2D eigenvalue weighted by molar-refractivity contribution is -0.111. The highest BCUT2D eigenvalue weighted by molar-refractivity contribution is 7.48. The van der Waals surface area contributed by atoms with Crippen LogP contribution in [0.15, 0.2) is 17.1 Å². The van der Waals surface area contributed by atoms with E-state index in [1.807, 2.05) is 0 Å². The SMILES string of the molecule is CC(C)OC(=O)OCOP(=O)(OCOC(=O)OC(C)C)OCC1OC(C#N)(n2ccc(N)nc2=O)C(O)C1O. The molecule has 0 spiro atoms. The van der Waals surface area contributed by atoms with Gasteiger partial charge in [0, 0.05) is 6.20 Å². The Labute approximate surface area is 221 Å². The fourth-order valence-electron chi connectivity index (χ4n) is 2.96. The molecule has 18 nitrogen and oxygen atoms in total. The number of hydrogen-bond donors (Lipinski definition) is 3. The Morgan fingerprint density at radius 1 is 1.15 bits per heavy atom. The molecule has 0 saturated carbocycles. The molecule has 1 aliphatic rings. The lowest BCUT2D eigenvalue weighted by atomic mass is 10.0. The number of aromatic nitrogens is 2. The van der Waals surface area contributed by atoms with E-state index in [1.54, 1.807) is 33.8 Å². The van der Waals surface area contributed by atoms with Gasteiger partial charge in [-0.3, -0.25) is 9.09 Å². The lowest BCUT2D eigenvalue weighted by Gasteiger charge is -2.26. The molecule has 4 unspecified atom stereocenters. The first-order chi connectivity index (χ1) is 18.2. The molecular formula is C20H29N4O14P. The lowest BCUT2D eigenvalue weighted by Crippen LogP contribution is -2.49. The number of anilines is 1. The second-order valence-corrected chi connectivity index (χ2v) is 9.93. The Morgan fingerprint density at radius 2 is 1.69 bits per heavy atom. The van der Waals surface area contributed by atoms with Gasteiger partial charge < -0.3 is 39.6 Å². The van der Waals surface area contributed by atoms with Gasteiger partial charge in [0.05, 0.1) is 18.8 Å². The Hall–Kier alpha value is -3.30. The summed E-state index contributed by atoms with van der Waals surface area (Å²) in [5.74, 6) is -0.175. The van der Waals surface area contributed by atoms with Crippen molar-refractivity contribution < 1.29 is 61.6 Å². The van der Waals surface area contributed by atoms with E-state index in [1.165, 1.54) is 0 Å². The highest BCUT2D eigenvalue weighted by Gasteiger charge is 2.57. The van der Waals surface area contributed by atoms with Crippen LogP contribution >= 0.6 is 7.82 Å². The van der Waals surface area contributed by atoms with Crippen molar-refractivity contribution in [3.8, 4) is 6.07 Å². The fraction of sp³-hybridized carbons (Fsp3) is 0.650. The van der Waals surface area contributed by atoms with Gasteiger partial charge in [-0.2, -0.15) is 10.2 Å². The summed E-state index contributed by atoms with van der Waals surface area (Å²) < 4.78 is 52.6. The van der Waals surface area contributed by atoms with Crippen molar-refractivity contribution in [1.29, 1.82) is 5.26 Å². The smallest absolute Gasteiger partial charge is 0.432 e. The van der Waals surface area contributed by atoms with E-state index >= 15 is 0 Å². The molecule has 2 heterocycles. The number of carbonyl (C=O) groups is 2. The van der Waals surface area contributed by atoms with Crippen molar-refractivity contribution in [2.45, 2.75) is 63.9 Å². The normalized spacial score (nSPS) is 22.9. The molecule has 19 heteroatoms. The van der Waals surface area contributed by atoms with Crippen LogP contribution in [0.5, 0.6) is 0 Å². The van der Waals surface area contributed by atoms with E-state index in [2.05, 4.69) is 14.5 Å². The number of nitrogens with zero attached hydrogens (tertiary/aromatic N) is 3. The van der Waals surface area contributed by atoms with Gasteiger partial charge >= 0.3 is 25.8 Å². The Kier molecular flexibility index (Phi) is 11.2. The van der Waals surface area contributed by atoms with Crippen LogP contribution in [0, 0.1) is 11.3 Å². The molecule has 4 atom stereocenters. The maximum atomic E-state index is 13.1. The quantitative estimate of drug-likeness (QED) is 0.171. The molecule has 2 rings (SSSR count). The first kappa shape index (κ1) is 31.9. The Balaban J connectivity index is 2.14. The minimum atomic E-state index is -4.76. The molecule has 1 aromatic rings. The van der Waals surface area contributed by atoms with Crippen LogP contribution in [0.1, 0.15) is 27.7 Å². The van der Waals surface area contributed by atoms with Crippen molar-refractivity contribution in [1.82, 2.24) is 9.55 Å². The van der Waals surface area contributed by atoms with E-state index in [0.29, 0.717) is 4.57 Å². The number of aliphatic hydroxyl groups excluding tert-OH is 2. The summed E-state index contributed by atoms with van der Waals surface area (Å²) in [5.41, 5.74) is 1.90. The van der Waals surface area contributed by atoms with E-state index in [9.17, 15) is 34.4 Å². The molecule has 0 radical (unpaired) electrons. The van der Waals surface area contributed by atoms with Crippen molar-refractivity contribution in [3.05, 3.63) is 22.7 Å². The number of phosphoric ester groups is 1. The molecule has 0 aromatic carbocycles. The third kappa shape index (κ3) is 8.60. The summed E-state index contributed by atoms with van der Waals surface area (Å²) >= 11 is 0. The zero-order chi connectivity index (χ0) is 29.4. The number of carbonyl (C=O) groups excluding carboxylic acids is 2. The molecule has 0 bridgehead atoms. The first-order valence-corrected chi connectivity index (χ1v) is 12.7. The number of phosphoric acid groups is 1. The van der Waals surface area contributed by atoms with Gasteiger partial charge in [0.1, 0.15) is 30.2 Å². The summed E-state index contributed by atoms with van der Waals surface area (Å²) in [4.78, 5) is 38.8. The number of ether oxygens (including phenoxy) is 5.